The van der Waals surface area contributed by atoms with Gasteiger partial charge in [0, 0.05) is 25.7 Å². The van der Waals surface area contributed by atoms with Gasteiger partial charge in [0.1, 0.15) is 5.69 Å². The third-order valence-corrected chi connectivity index (χ3v) is 5.19. The lowest BCUT2D eigenvalue weighted by atomic mass is 10.2. The van der Waals surface area contributed by atoms with Crippen LogP contribution in [0.1, 0.15) is 49.5 Å². The number of amides is 1. The Morgan fingerprint density at radius 1 is 1.26 bits per heavy atom. The molecule has 128 valence electrons. The summed E-state index contributed by atoms with van der Waals surface area (Å²) < 4.78 is 28.9. The number of hydrogen-bond acceptors (Lipinski definition) is 5. The molecular weight excluding hydrogens is 320 g/mol. The second-order valence-electron chi connectivity index (χ2n) is 5.53. The Bertz CT molecular complexity index is 708. The van der Waals surface area contributed by atoms with E-state index in [1.54, 1.807) is 0 Å². The minimum atomic E-state index is -3.86. The fraction of sp³-hybridized carbons (Fsp3) is 0.643. The smallest absolute Gasteiger partial charge is 0.268 e. The molecule has 8 nitrogen and oxygen atoms in total. The molecule has 1 saturated heterocycles. The lowest BCUT2D eigenvalue weighted by molar-refractivity contribution is 0.0971. The third kappa shape index (κ3) is 4.61. The minimum Gasteiger partial charge on any atom is -0.268 e. The number of unbranched alkanes of at least 4 members (excludes halogenated alkanes) is 1. The largest absolute Gasteiger partial charge is 0.304 e. The normalized spacial score (nSPS) is 16.2. The molecular formula is C14H22N4O4S. The van der Waals surface area contributed by atoms with Gasteiger partial charge in [-0.1, -0.05) is 19.8 Å². The van der Waals surface area contributed by atoms with Crippen molar-refractivity contribution in [1.82, 2.24) is 18.8 Å². The number of aryl methyl sites for hydroxylation is 1. The summed E-state index contributed by atoms with van der Waals surface area (Å²) in [6.07, 6.45) is 4.20. The Balaban J connectivity index is 2.12. The van der Waals surface area contributed by atoms with Crippen molar-refractivity contribution in [2.75, 3.05) is 13.1 Å². The molecule has 23 heavy (non-hydrogen) atoms. The molecule has 0 saturated carbocycles. The molecule has 0 bridgehead atoms. The molecule has 1 amide bonds. The van der Waals surface area contributed by atoms with Crippen LogP contribution in [0.4, 0.5) is 0 Å². The van der Waals surface area contributed by atoms with E-state index >= 15 is 0 Å². The van der Waals surface area contributed by atoms with Crippen LogP contribution in [0.2, 0.25) is 0 Å². The summed E-state index contributed by atoms with van der Waals surface area (Å²) in [5.74, 6) is -0.819. The fourth-order valence-electron chi connectivity index (χ4n) is 2.38. The van der Waals surface area contributed by atoms with Crippen LogP contribution in [0.3, 0.4) is 0 Å². The van der Waals surface area contributed by atoms with E-state index in [1.165, 1.54) is 21.1 Å². The van der Waals surface area contributed by atoms with Crippen LogP contribution >= 0.6 is 0 Å². The summed E-state index contributed by atoms with van der Waals surface area (Å²) >= 11 is 0. The van der Waals surface area contributed by atoms with Crippen LogP contribution < -0.4 is 10.3 Å². The van der Waals surface area contributed by atoms with Crippen LogP contribution in [0.15, 0.2) is 16.9 Å². The summed E-state index contributed by atoms with van der Waals surface area (Å²) in [7, 11) is -3.86. The maximum atomic E-state index is 12.2. The molecule has 1 aliphatic heterocycles. The van der Waals surface area contributed by atoms with Crippen LogP contribution in [-0.2, 0) is 16.8 Å². The molecule has 0 radical (unpaired) electrons. The van der Waals surface area contributed by atoms with Crippen molar-refractivity contribution in [3.05, 3.63) is 28.2 Å². The van der Waals surface area contributed by atoms with Crippen molar-refractivity contribution in [3.63, 3.8) is 0 Å². The molecule has 0 spiro atoms. The number of piperidine rings is 1. The van der Waals surface area contributed by atoms with E-state index in [0.717, 1.165) is 32.1 Å². The van der Waals surface area contributed by atoms with Gasteiger partial charge in [0.15, 0.2) is 0 Å². The van der Waals surface area contributed by atoms with Crippen LogP contribution in [0.25, 0.3) is 0 Å². The summed E-state index contributed by atoms with van der Waals surface area (Å²) in [5, 5.41) is 3.95. The molecule has 1 aromatic heterocycles. The molecule has 9 heteroatoms. The number of hydrogen-bond donors (Lipinski definition) is 1. The Morgan fingerprint density at radius 2 is 1.96 bits per heavy atom. The first kappa shape index (κ1) is 17.6. The van der Waals surface area contributed by atoms with Crippen molar-refractivity contribution < 1.29 is 13.2 Å². The zero-order chi connectivity index (χ0) is 16.9. The van der Waals surface area contributed by atoms with Gasteiger partial charge in [0.05, 0.1) is 0 Å². The van der Waals surface area contributed by atoms with E-state index in [-0.39, 0.29) is 11.3 Å². The summed E-state index contributed by atoms with van der Waals surface area (Å²) in [5.41, 5.74) is -0.393. The predicted octanol–water partition coefficient (Wildman–Crippen LogP) is 0.504. The van der Waals surface area contributed by atoms with E-state index < -0.39 is 16.1 Å². The first-order chi connectivity index (χ1) is 10.9. The van der Waals surface area contributed by atoms with Gasteiger partial charge >= 0.3 is 10.2 Å². The van der Waals surface area contributed by atoms with Gasteiger partial charge in [-0.2, -0.15) is 17.8 Å². The van der Waals surface area contributed by atoms with Gasteiger partial charge < -0.3 is 0 Å². The molecule has 1 N–H and O–H groups in total. The summed E-state index contributed by atoms with van der Waals surface area (Å²) in [4.78, 5) is 23.8. The molecule has 2 heterocycles. The fourth-order valence-corrected chi connectivity index (χ4v) is 3.58. The average Bonchev–Trinajstić information content (AvgIpc) is 2.54. The van der Waals surface area contributed by atoms with Crippen molar-refractivity contribution in [2.45, 2.75) is 45.6 Å². The lowest BCUT2D eigenvalue weighted by Crippen LogP contribution is -2.46. The minimum absolute atomic E-state index is 0.0821. The number of nitrogens with zero attached hydrogens (tertiary/aromatic N) is 3. The standard InChI is InChI=1S/C14H22N4O4S/c1-2-3-11-18-13(19)8-7-12(15-18)14(20)16-23(21,22)17-9-5-4-6-10-17/h7-8H,2-6,9-11H2,1H3,(H,16,20). The Morgan fingerprint density at radius 3 is 2.61 bits per heavy atom. The first-order valence-electron chi connectivity index (χ1n) is 7.84. The van der Waals surface area contributed by atoms with Gasteiger partial charge in [-0.15, -0.1) is 0 Å². The third-order valence-electron chi connectivity index (χ3n) is 3.70. The molecule has 1 aliphatic rings. The van der Waals surface area contributed by atoms with Crippen molar-refractivity contribution in [1.29, 1.82) is 0 Å². The SMILES string of the molecule is CCCCn1nc(C(=O)NS(=O)(=O)N2CCCCC2)ccc1=O. The lowest BCUT2D eigenvalue weighted by Gasteiger charge is -2.25. The average molecular weight is 342 g/mol. The second-order valence-corrected chi connectivity index (χ2v) is 7.20. The zero-order valence-corrected chi connectivity index (χ0v) is 14.0. The predicted molar refractivity (Wildman–Crippen MR) is 85.2 cm³/mol. The maximum Gasteiger partial charge on any atom is 0.304 e. The molecule has 0 atom stereocenters. The molecule has 0 aliphatic carbocycles. The highest BCUT2D eigenvalue weighted by molar-refractivity contribution is 7.87. The summed E-state index contributed by atoms with van der Waals surface area (Å²) in [6, 6.07) is 2.47. The molecule has 0 unspecified atom stereocenters. The van der Waals surface area contributed by atoms with E-state index in [0.29, 0.717) is 19.6 Å². The van der Waals surface area contributed by atoms with Crippen molar-refractivity contribution in [3.8, 4) is 0 Å². The number of nitrogens with one attached hydrogen (secondary N) is 1. The molecule has 1 aromatic rings. The Hall–Kier alpha value is -1.74. The van der Waals surface area contributed by atoms with E-state index in [9.17, 15) is 18.0 Å². The van der Waals surface area contributed by atoms with Gasteiger partial charge in [0.25, 0.3) is 11.5 Å². The monoisotopic (exact) mass is 342 g/mol. The van der Waals surface area contributed by atoms with Crippen LogP contribution in [-0.4, -0.2) is 41.5 Å². The highest BCUT2D eigenvalue weighted by Crippen LogP contribution is 2.12. The van der Waals surface area contributed by atoms with Gasteiger partial charge in [-0.3, -0.25) is 9.59 Å². The Labute approximate surface area is 135 Å². The highest BCUT2D eigenvalue weighted by atomic mass is 32.2. The van der Waals surface area contributed by atoms with E-state index in [1.807, 2.05) is 11.6 Å². The van der Waals surface area contributed by atoms with Gasteiger partial charge in [-0.25, -0.2) is 9.40 Å². The van der Waals surface area contributed by atoms with Crippen LogP contribution in [0.5, 0.6) is 0 Å². The molecule has 2 rings (SSSR count). The molecule has 1 fully saturated rings. The van der Waals surface area contributed by atoms with Crippen LogP contribution in [0, 0.1) is 0 Å². The molecule has 0 aromatic carbocycles. The zero-order valence-electron chi connectivity index (χ0n) is 13.2. The Kier molecular flexibility index (Phi) is 5.89. The van der Waals surface area contributed by atoms with Gasteiger partial charge in [0.2, 0.25) is 0 Å². The van der Waals surface area contributed by atoms with Gasteiger partial charge in [-0.05, 0) is 25.3 Å². The number of carbonyl (C=O) groups is 1. The second kappa shape index (κ2) is 7.69. The highest BCUT2D eigenvalue weighted by Gasteiger charge is 2.26. The first-order valence-corrected chi connectivity index (χ1v) is 9.28. The number of carbonyl (C=O) groups excluding carboxylic acids is 1. The number of rotatable bonds is 6. The van der Waals surface area contributed by atoms with Crippen molar-refractivity contribution in [2.24, 2.45) is 0 Å². The maximum absolute atomic E-state index is 12.2. The summed E-state index contributed by atoms with van der Waals surface area (Å²) in [6.45, 7) is 3.19. The van der Waals surface area contributed by atoms with E-state index in [4.69, 9.17) is 0 Å². The van der Waals surface area contributed by atoms with Crippen molar-refractivity contribution >= 4 is 16.1 Å². The topological polar surface area (TPSA) is 101 Å². The van der Waals surface area contributed by atoms with E-state index in [2.05, 4.69) is 5.10 Å². The number of aromatic nitrogens is 2. The quantitative estimate of drug-likeness (QED) is 0.811.